The minimum atomic E-state index is -1.45. The number of esters is 1. The zero-order valence-corrected chi connectivity index (χ0v) is 29.0. The van der Waals surface area contributed by atoms with Crippen LogP contribution in [0, 0.1) is 17.3 Å². The number of carbonyl (C=O) groups excluding carboxylic acids is 4. The molecule has 2 N–H and O–H groups in total. The van der Waals surface area contributed by atoms with E-state index < -0.39 is 53.2 Å². The number of aliphatic hydroxyl groups excluding tert-OH is 1. The Labute approximate surface area is 283 Å². The quantitative estimate of drug-likeness (QED) is 0.319. The van der Waals surface area contributed by atoms with Crippen molar-refractivity contribution < 1.29 is 38.5 Å². The predicted molar refractivity (Wildman–Crippen MR) is 178 cm³/mol. The van der Waals surface area contributed by atoms with Gasteiger partial charge in [-0.05, 0) is 44.1 Å². The highest BCUT2D eigenvalue weighted by Crippen LogP contribution is 2.54. The Balaban J connectivity index is 1.60. The number of benzene rings is 1. The van der Waals surface area contributed by atoms with Gasteiger partial charge in [-0.3, -0.25) is 19.2 Å². The Morgan fingerprint density at radius 3 is 2.44 bits per heavy atom. The molecule has 1 aromatic carbocycles. The molecule has 7 atom stereocenters. The summed E-state index contributed by atoms with van der Waals surface area (Å²) < 4.78 is 18.6. The van der Waals surface area contributed by atoms with Crippen molar-refractivity contribution in [3.63, 3.8) is 0 Å². The van der Waals surface area contributed by atoms with Gasteiger partial charge in [0.15, 0.2) is 0 Å². The van der Waals surface area contributed by atoms with Crippen LogP contribution in [0.15, 0.2) is 54.6 Å². The molecule has 4 aliphatic rings. The maximum Gasteiger partial charge on any atom is 0.313 e. The van der Waals surface area contributed by atoms with E-state index in [0.717, 1.165) is 0 Å². The first-order valence-electron chi connectivity index (χ1n) is 17.0. The summed E-state index contributed by atoms with van der Waals surface area (Å²) in [5, 5.41) is 12.7. The second-order valence-corrected chi connectivity index (χ2v) is 15.2. The van der Waals surface area contributed by atoms with Crippen molar-refractivity contribution in [2.75, 3.05) is 33.4 Å². The number of hydrogen-bond acceptors (Lipinski definition) is 8. The highest BCUT2D eigenvalue weighted by Gasteiger charge is 2.72. The van der Waals surface area contributed by atoms with E-state index in [0.29, 0.717) is 24.9 Å². The molecule has 0 radical (unpaired) electrons. The number of allylic oxidation sites excluding steroid dienone is 1. The molecule has 0 saturated carbocycles. The van der Waals surface area contributed by atoms with Crippen LogP contribution in [0.4, 0.5) is 0 Å². The van der Waals surface area contributed by atoms with Crippen molar-refractivity contribution in [3.8, 4) is 0 Å². The van der Waals surface area contributed by atoms with Gasteiger partial charge in [0, 0.05) is 38.8 Å². The molecule has 4 aliphatic heterocycles. The standard InChI is InChI=1S/C37H51N3O8/c1-35(2,3)23-36(4,5)40-20-12-18-37-29(32(43)39(19-13-21-41)31(37)33(40)44)28-26(48-37)16-10-11-17-27(42)38-25(22-46-6)30(47-34(28)45)24-14-8-7-9-15-24/h7-10,12,14-16,18,25-26,28-31,41H,11,13,17,19-23H2,1-6H3,(H,38,42)/b16-10-/t25-,26-,28+,29+,30-,31-,37+/m1/s1. The fourth-order valence-corrected chi connectivity index (χ4v) is 8.31. The molecule has 3 amide bonds. The van der Waals surface area contributed by atoms with E-state index in [1.54, 1.807) is 12.2 Å². The van der Waals surface area contributed by atoms with Gasteiger partial charge in [0.25, 0.3) is 0 Å². The third kappa shape index (κ3) is 6.95. The van der Waals surface area contributed by atoms with Crippen LogP contribution in [0.2, 0.25) is 0 Å². The van der Waals surface area contributed by atoms with Gasteiger partial charge in [0.2, 0.25) is 17.7 Å². The molecule has 2 fully saturated rings. The third-order valence-electron chi connectivity index (χ3n) is 9.81. The molecular weight excluding hydrogens is 614 g/mol. The lowest BCUT2D eigenvalue weighted by molar-refractivity contribution is -0.162. The van der Waals surface area contributed by atoms with Crippen molar-refractivity contribution in [1.82, 2.24) is 15.1 Å². The van der Waals surface area contributed by atoms with Gasteiger partial charge in [-0.25, -0.2) is 0 Å². The van der Waals surface area contributed by atoms with Crippen molar-refractivity contribution in [2.45, 2.75) is 95.7 Å². The van der Waals surface area contributed by atoms with Crippen LogP contribution >= 0.6 is 0 Å². The number of cyclic esters (lactones) is 1. The number of ether oxygens (including phenoxy) is 3. The van der Waals surface area contributed by atoms with E-state index in [2.05, 4.69) is 26.1 Å². The van der Waals surface area contributed by atoms with Crippen molar-refractivity contribution in [3.05, 3.63) is 60.2 Å². The van der Waals surface area contributed by atoms with E-state index in [1.165, 1.54) is 12.0 Å². The molecule has 4 heterocycles. The third-order valence-corrected chi connectivity index (χ3v) is 9.81. The number of hydrogen-bond donors (Lipinski definition) is 2. The summed E-state index contributed by atoms with van der Waals surface area (Å²) >= 11 is 0. The van der Waals surface area contributed by atoms with Crippen molar-refractivity contribution in [2.24, 2.45) is 17.3 Å². The molecule has 0 bridgehead atoms. The summed E-state index contributed by atoms with van der Waals surface area (Å²) in [5.74, 6) is -3.65. The van der Waals surface area contributed by atoms with E-state index in [4.69, 9.17) is 14.2 Å². The minimum absolute atomic E-state index is 0.0768. The Morgan fingerprint density at radius 1 is 1.04 bits per heavy atom. The number of amides is 3. The van der Waals surface area contributed by atoms with Crippen molar-refractivity contribution in [1.29, 1.82) is 0 Å². The lowest BCUT2D eigenvalue weighted by Crippen LogP contribution is -2.60. The number of nitrogens with zero attached hydrogens (tertiary/aromatic N) is 2. The van der Waals surface area contributed by atoms with Crippen LogP contribution in [0.3, 0.4) is 0 Å². The maximum absolute atomic E-state index is 14.8. The molecule has 11 nitrogen and oxygen atoms in total. The smallest absolute Gasteiger partial charge is 0.313 e. The molecule has 1 spiro atoms. The van der Waals surface area contributed by atoms with Crippen LogP contribution in [-0.4, -0.2) is 101 Å². The Kier molecular flexibility index (Phi) is 10.5. The maximum atomic E-state index is 14.8. The SMILES string of the molecule is COC[C@H]1NC(=O)CC/C=C\[C@H]2O[C@]34C=CCN(C(C)(C)CC(C)(C)C)C(=O)[C@H]3N(CCCO)C(=O)[C@@H]4[C@H]2C(=O)O[C@@H]1c1ccccc1. The first-order valence-corrected chi connectivity index (χ1v) is 17.0. The van der Waals surface area contributed by atoms with Crippen LogP contribution in [0.5, 0.6) is 0 Å². The summed E-state index contributed by atoms with van der Waals surface area (Å²) in [5.41, 5.74) is -1.42. The molecule has 0 aliphatic carbocycles. The number of rotatable bonds is 8. The number of methoxy groups -OCH3 is 1. The summed E-state index contributed by atoms with van der Waals surface area (Å²) in [6.07, 6.45) is 6.94. The number of fused-ring (bicyclic) bond motifs is 2. The number of aliphatic hydroxyl groups is 1. The average molecular weight is 666 g/mol. The lowest BCUT2D eigenvalue weighted by Gasteiger charge is -2.44. The summed E-state index contributed by atoms with van der Waals surface area (Å²) in [6, 6.07) is 7.38. The average Bonchev–Trinajstić information content (AvgIpc) is 3.39. The fourth-order valence-electron chi connectivity index (χ4n) is 8.31. The van der Waals surface area contributed by atoms with E-state index in [1.807, 2.05) is 61.2 Å². The predicted octanol–water partition coefficient (Wildman–Crippen LogP) is 3.33. The lowest BCUT2D eigenvalue weighted by atomic mass is 9.77. The van der Waals surface area contributed by atoms with Gasteiger partial charge >= 0.3 is 5.97 Å². The Morgan fingerprint density at radius 2 is 1.77 bits per heavy atom. The van der Waals surface area contributed by atoms with Gasteiger partial charge in [0.05, 0.1) is 24.7 Å². The first kappa shape index (κ1) is 35.8. The van der Waals surface area contributed by atoms with Gasteiger partial charge in [0.1, 0.15) is 23.7 Å². The molecule has 0 unspecified atom stereocenters. The summed E-state index contributed by atoms with van der Waals surface area (Å²) in [4.78, 5) is 60.2. The van der Waals surface area contributed by atoms with Crippen molar-refractivity contribution >= 4 is 23.7 Å². The van der Waals surface area contributed by atoms with Gasteiger partial charge in [-0.15, -0.1) is 0 Å². The molecule has 262 valence electrons. The Hall–Kier alpha value is -3.54. The Bertz CT molecular complexity index is 1420. The molecule has 11 heteroatoms. The zero-order valence-electron chi connectivity index (χ0n) is 29.0. The minimum Gasteiger partial charge on any atom is -0.455 e. The number of likely N-dealkylation sites (tertiary alicyclic amines) is 1. The van der Waals surface area contributed by atoms with Crippen LogP contribution in [-0.2, 0) is 33.4 Å². The second kappa shape index (κ2) is 14.1. The fraction of sp³-hybridized carbons (Fsp3) is 0.622. The second-order valence-electron chi connectivity index (χ2n) is 15.2. The van der Waals surface area contributed by atoms with Gasteiger partial charge in [-0.2, -0.15) is 0 Å². The van der Waals surface area contributed by atoms with E-state index in [9.17, 15) is 24.3 Å². The van der Waals surface area contributed by atoms with Crippen LogP contribution in [0.1, 0.15) is 72.0 Å². The molecule has 0 aromatic heterocycles. The largest absolute Gasteiger partial charge is 0.455 e. The topological polar surface area (TPSA) is 135 Å². The van der Waals surface area contributed by atoms with E-state index >= 15 is 0 Å². The summed E-state index contributed by atoms with van der Waals surface area (Å²) in [7, 11) is 1.51. The normalized spacial score (nSPS) is 32.0. The van der Waals surface area contributed by atoms with Gasteiger partial charge < -0.3 is 34.4 Å². The monoisotopic (exact) mass is 665 g/mol. The highest BCUT2D eigenvalue weighted by molar-refractivity contribution is 5.99. The van der Waals surface area contributed by atoms with E-state index in [-0.39, 0.29) is 55.7 Å². The zero-order chi connectivity index (χ0) is 34.9. The number of nitrogens with one attached hydrogen (secondary N) is 1. The molecule has 1 aromatic rings. The molecule has 48 heavy (non-hydrogen) atoms. The van der Waals surface area contributed by atoms with Gasteiger partial charge in [-0.1, -0.05) is 75.4 Å². The highest BCUT2D eigenvalue weighted by atomic mass is 16.6. The molecule has 2 saturated heterocycles. The van der Waals surface area contributed by atoms with Crippen LogP contribution in [0.25, 0.3) is 0 Å². The molecule has 5 rings (SSSR count). The molecular formula is C37H51N3O8. The number of carbonyl (C=O) groups is 4. The van der Waals surface area contributed by atoms with Crippen LogP contribution < -0.4 is 5.32 Å². The first-order chi connectivity index (χ1) is 22.7. The summed E-state index contributed by atoms with van der Waals surface area (Å²) in [6.45, 7) is 10.8.